The highest BCUT2D eigenvalue weighted by atomic mass is 16.6. The molecular formula is C10H12N2O5. The standard InChI is InChI=1S/C10H12N2O5/c1-11-10(13)6-4-8(16-2)9(17-3)5-7(6)12(14)15/h4-5H,1-3H3,(H,11,13). The molecule has 1 rings (SSSR count). The molecule has 0 atom stereocenters. The third-order valence-electron chi connectivity index (χ3n) is 2.17. The molecule has 0 heterocycles. The molecule has 0 fully saturated rings. The molecule has 0 spiro atoms. The van der Waals surface area contributed by atoms with Gasteiger partial charge in [-0.2, -0.15) is 0 Å². The van der Waals surface area contributed by atoms with Gasteiger partial charge < -0.3 is 14.8 Å². The topological polar surface area (TPSA) is 90.7 Å². The van der Waals surface area contributed by atoms with E-state index in [1.54, 1.807) is 0 Å². The van der Waals surface area contributed by atoms with Crippen LogP contribution in [0.4, 0.5) is 5.69 Å². The molecule has 92 valence electrons. The summed E-state index contributed by atoms with van der Waals surface area (Å²) in [6, 6.07) is 2.43. The maximum Gasteiger partial charge on any atom is 0.286 e. The number of rotatable bonds is 4. The molecule has 1 N–H and O–H groups in total. The Labute approximate surface area is 97.5 Å². The van der Waals surface area contributed by atoms with Crippen molar-refractivity contribution in [3.63, 3.8) is 0 Å². The summed E-state index contributed by atoms with van der Waals surface area (Å²) in [7, 11) is 4.14. The van der Waals surface area contributed by atoms with Gasteiger partial charge in [0.15, 0.2) is 11.5 Å². The van der Waals surface area contributed by atoms with Gasteiger partial charge in [0.05, 0.1) is 25.2 Å². The van der Waals surface area contributed by atoms with Crippen LogP contribution in [0.1, 0.15) is 10.4 Å². The van der Waals surface area contributed by atoms with Crippen molar-refractivity contribution in [1.82, 2.24) is 5.32 Å². The Morgan fingerprint density at radius 2 is 1.82 bits per heavy atom. The van der Waals surface area contributed by atoms with Crippen molar-refractivity contribution < 1.29 is 19.2 Å². The minimum absolute atomic E-state index is 0.0739. The largest absolute Gasteiger partial charge is 0.493 e. The van der Waals surface area contributed by atoms with Crippen molar-refractivity contribution in [1.29, 1.82) is 0 Å². The number of methoxy groups -OCH3 is 2. The van der Waals surface area contributed by atoms with E-state index in [0.717, 1.165) is 6.07 Å². The highest BCUT2D eigenvalue weighted by molar-refractivity contribution is 5.98. The predicted molar refractivity (Wildman–Crippen MR) is 59.6 cm³/mol. The first-order chi connectivity index (χ1) is 8.04. The lowest BCUT2D eigenvalue weighted by molar-refractivity contribution is -0.385. The number of amides is 1. The van der Waals surface area contributed by atoms with Crippen molar-refractivity contribution in [2.24, 2.45) is 0 Å². The third-order valence-corrected chi connectivity index (χ3v) is 2.17. The maximum absolute atomic E-state index is 11.5. The summed E-state index contributed by atoms with van der Waals surface area (Å²) in [5.41, 5.74) is -0.405. The van der Waals surface area contributed by atoms with Crippen LogP contribution in [0.5, 0.6) is 11.5 Å². The quantitative estimate of drug-likeness (QED) is 0.625. The highest BCUT2D eigenvalue weighted by Gasteiger charge is 2.23. The number of carbonyl (C=O) groups excluding carboxylic acids is 1. The zero-order valence-corrected chi connectivity index (χ0v) is 9.64. The van der Waals surface area contributed by atoms with Gasteiger partial charge in [0, 0.05) is 13.1 Å². The Hall–Kier alpha value is -2.31. The number of hydrogen-bond acceptors (Lipinski definition) is 5. The maximum atomic E-state index is 11.5. The van der Waals surface area contributed by atoms with Crippen LogP contribution in [-0.2, 0) is 0 Å². The second kappa shape index (κ2) is 5.15. The average molecular weight is 240 g/mol. The zero-order valence-electron chi connectivity index (χ0n) is 9.64. The number of nitro benzene ring substituents is 1. The van der Waals surface area contributed by atoms with Crippen LogP contribution < -0.4 is 14.8 Å². The molecule has 7 heteroatoms. The van der Waals surface area contributed by atoms with E-state index in [2.05, 4.69) is 5.32 Å². The second-order valence-corrected chi connectivity index (χ2v) is 3.06. The lowest BCUT2D eigenvalue weighted by atomic mass is 10.1. The highest BCUT2D eigenvalue weighted by Crippen LogP contribution is 2.34. The van der Waals surface area contributed by atoms with Crippen LogP contribution in [0, 0.1) is 10.1 Å². The van der Waals surface area contributed by atoms with Crippen molar-refractivity contribution >= 4 is 11.6 Å². The molecule has 7 nitrogen and oxygen atoms in total. The summed E-state index contributed by atoms with van der Waals surface area (Å²) < 4.78 is 9.91. The number of benzene rings is 1. The molecule has 1 amide bonds. The fraction of sp³-hybridized carbons (Fsp3) is 0.300. The number of hydrogen-bond donors (Lipinski definition) is 1. The van der Waals surface area contributed by atoms with E-state index < -0.39 is 10.8 Å². The van der Waals surface area contributed by atoms with E-state index in [-0.39, 0.29) is 22.7 Å². The van der Waals surface area contributed by atoms with Gasteiger partial charge in [-0.1, -0.05) is 0 Å². The predicted octanol–water partition coefficient (Wildman–Crippen LogP) is 0.972. The summed E-state index contributed by atoms with van der Waals surface area (Å²) in [4.78, 5) is 21.7. The van der Waals surface area contributed by atoms with Crippen LogP contribution in [0.3, 0.4) is 0 Å². The van der Waals surface area contributed by atoms with Crippen LogP contribution in [0.2, 0.25) is 0 Å². The molecule has 0 saturated heterocycles. The van der Waals surface area contributed by atoms with Gasteiger partial charge in [-0.05, 0) is 0 Å². The average Bonchev–Trinajstić information content (AvgIpc) is 2.35. The second-order valence-electron chi connectivity index (χ2n) is 3.06. The normalized spacial score (nSPS) is 9.59. The first-order valence-electron chi connectivity index (χ1n) is 4.67. The lowest BCUT2D eigenvalue weighted by Gasteiger charge is -2.09. The fourth-order valence-electron chi connectivity index (χ4n) is 1.34. The number of carbonyl (C=O) groups is 1. The molecule has 0 aliphatic rings. The molecule has 0 aliphatic carbocycles. The SMILES string of the molecule is CNC(=O)c1cc(OC)c(OC)cc1[N+](=O)[O-]. The minimum Gasteiger partial charge on any atom is -0.493 e. The van der Waals surface area contributed by atoms with Crippen LogP contribution >= 0.6 is 0 Å². The molecule has 0 bridgehead atoms. The Morgan fingerprint density at radius 3 is 2.24 bits per heavy atom. The van der Waals surface area contributed by atoms with Gasteiger partial charge in [-0.25, -0.2) is 0 Å². The van der Waals surface area contributed by atoms with E-state index in [1.165, 1.54) is 27.3 Å². The number of nitro groups is 1. The zero-order chi connectivity index (χ0) is 13.0. The molecule has 1 aromatic carbocycles. The number of nitrogens with zero attached hydrogens (tertiary/aromatic N) is 1. The molecule has 17 heavy (non-hydrogen) atoms. The summed E-state index contributed by atoms with van der Waals surface area (Å²) in [6.45, 7) is 0. The van der Waals surface area contributed by atoms with Gasteiger partial charge >= 0.3 is 0 Å². The molecule has 0 aliphatic heterocycles. The van der Waals surface area contributed by atoms with Crippen molar-refractivity contribution in [2.75, 3.05) is 21.3 Å². The lowest BCUT2D eigenvalue weighted by Crippen LogP contribution is -2.19. The Bertz CT molecular complexity index is 458. The minimum atomic E-state index is -0.646. The van der Waals surface area contributed by atoms with E-state index in [9.17, 15) is 14.9 Å². The van der Waals surface area contributed by atoms with Crippen molar-refractivity contribution in [3.8, 4) is 11.5 Å². The summed E-state index contributed by atoms with van der Waals surface area (Å²) in [5.74, 6) is -0.0961. The van der Waals surface area contributed by atoms with E-state index in [4.69, 9.17) is 9.47 Å². The Kier molecular flexibility index (Phi) is 3.86. The Morgan fingerprint density at radius 1 is 1.29 bits per heavy atom. The van der Waals surface area contributed by atoms with E-state index in [0.29, 0.717) is 0 Å². The summed E-state index contributed by atoms with van der Waals surface area (Å²) in [5, 5.41) is 13.2. The molecule has 0 aromatic heterocycles. The fourth-order valence-corrected chi connectivity index (χ4v) is 1.34. The molecular weight excluding hydrogens is 228 g/mol. The van der Waals surface area contributed by atoms with Gasteiger partial charge in [-0.15, -0.1) is 0 Å². The van der Waals surface area contributed by atoms with Crippen LogP contribution in [-0.4, -0.2) is 32.1 Å². The van der Waals surface area contributed by atoms with Gasteiger partial charge in [0.2, 0.25) is 0 Å². The van der Waals surface area contributed by atoms with Gasteiger partial charge in [-0.3, -0.25) is 14.9 Å². The first-order valence-corrected chi connectivity index (χ1v) is 4.67. The van der Waals surface area contributed by atoms with Crippen LogP contribution in [0.15, 0.2) is 12.1 Å². The van der Waals surface area contributed by atoms with E-state index in [1.807, 2.05) is 0 Å². The summed E-state index contributed by atoms with van der Waals surface area (Å²) >= 11 is 0. The number of nitrogens with one attached hydrogen (secondary N) is 1. The Balaban J connectivity index is 3.45. The van der Waals surface area contributed by atoms with Gasteiger partial charge in [0.1, 0.15) is 5.56 Å². The molecule has 1 aromatic rings. The monoisotopic (exact) mass is 240 g/mol. The molecule has 0 unspecified atom stereocenters. The van der Waals surface area contributed by atoms with E-state index >= 15 is 0 Å². The van der Waals surface area contributed by atoms with Crippen molar-refractivity contribution in [2.45, 2.75) is 0 Å². The third kappa shape index (κ3) is 2.44. The smallest absolute Gasteiger partial charge is 0.286 e. The first kappa shape index (κ1) is 12.8. The summed E-state index contributed by atoms with van der Waals surface area (Å²) in [6.07, 6.45) is 0. The number of ether oxygens (including phenoxy) is 2. The molecule has 0 saturated carbocycles. The van der Waals surface area contributed by atoms with Crippen LogP contribution in [0.25, 0.3) is 0 Å². The molecule has 0 radical (unpaired) electrons. The van der Waals surface area contributed by atoms with Gasteiger partial charge in [0.25, 0.3) is 11.6 Å². The van der Waals surface area contributed by atoms with Crippen molar-refractivity contribution in [3.05, 3.63) is 27.8 Å².